The minimum Gasteiger partial charge on any atom is -0.299 e. The number of aryl methyl sites for hydroxylation is 1. The van der Waals surface area contributed by atoms with Crippen molar-refractivity contribution < 1.29 is 0 Å². The highest BCUT2D eigenvalue weighted by Gasteiger charge is 2.17. The van der Waals surface area contributed by atoms with Gasteiger partial charge in [0.25, 0.3) is 0 Å². The average Bonchev–Trinajstić information content (AvgIpc) is 2.39. The van der Waals surface area contributed by atoms with Gasteiger partial charge in [0.05, 0.1) is 0 Å². The molecule has 0 bridgehead atoms. The van der Waals surface area contributed by atoms with E-state index in [1.807, 2.05) is 0 Å². The molecule has 0 amide bonds. The molecule has 1 aromatic rings. The van der Waals surface area contributed by atoms with E-state index >= 15 is 0 Å². The largest absolute Gasteiger partial charge is 0.299 e. The van der Waals surface area contributed by atoms with Crippen molar-refractivity contribution in [1.29, 1.82) is 0 Å². The summed E-state index contributed by atoms with van der Waals surface area (Å²) in [4.78, 5) is 2.60. The van der Waals surface area contributed by atoms with Gasteiger partial charge in [-0.25, -0.2) is 0 Å². The number of hydrogen-bond acceptors (Lipinski definition) is 1. The molecule has 0 unspecified atom stereocenters. The Balaban J connectivity index is 2.05. The van der Waals surface area contributed by atoms with Gasteiger partial charge in [0.2, 0.25) is 0 Å². The van der Waals surface area contributed by atoms with Crippen LogP contribution in [0.4, 0.5) is 0 Å². The number of nitrogens with zero attached hydrogens (tertiary/aromatic N) is 1. The second-order valence-corrected chi connectivity index (χ2v) is 5.59. The molecule has 2 rings (SSSR count). The third kappa shape index (κ3) is 3.23. The molecule has 0 saturated carbocycles. The Kier molecular flexibility index (Phi) is 4.60. The number of piperidine rings is 1. The van der Waals surface area contributed by atoms with Crippen molar-refractivity contribution in [3.8, 4) is 0 Å². The fourth-order valence-electron chi connectivity index (χ4n) is 2.73. The first-order chi connectivity index (χ1) is 8.70. The van der Waals surface area contributed by atoms with Crippen LogP contribution in [-0.4, -0.2) is 24.5 Å². The van der Waals surface area contributed by atoms with Gasteiger partial charge < -0.3 is 0 Å². The second-order valence-electron chi connectivity index (χ2n) is 5.59. The van der Waals surface area contributed by atoms with E-state index in [0.717, 1.165) is 12.5 Å². The van der Waals surface area contributed by atoms with Crippen LogP contribution in [-0.2, 0) is 0 Å². The lowest BCUT2D eigenvalue weighted by Crippen LogP contribution is -2.34. The van der Waals surface area contributed by atoms with E-state index in [0.29, 0.717) is 0 Å². The van der Waals surface area contributed by atoms with E-state index in [2.05, 4.69) is 56.0 Å². The quantitative estimate of drug-likeness (QED) is 0.771. The van der Waals surface area contributed by atoms with Gasteiger partial charge >= 0.3 is 0 Å². The zero-order valence-corrected chi connectivity index (χ0v) is 11.9. The van der Waals surface area contributed by atoms with E-state index in [1.54, 1.807) is 0 Å². The topological polar surface area (TPSA) is 3.24 Å². The van der Waals surface area contributed by atoms with E-state index in [4.69, 9.17) is 0 Å². The Bertz CT molecular complexity index is 411. The van der Waals surface area contributed by atoms with Gasteiger partial charge in [-0.2, -0.15) is 0 Å². The first kappa shape index (κ1) is 13.4. The molecule has 98 valence electrons. The smallest absolute Gasteiger partial charge is 0.0236 e. The molecule has 1 aliphatic rings. The summed E-state index contributed by atoms with van der Waals surface area (Å²) in [5.74, 6) is 0.911. The lowest BCUT2D eigenvalue weighted by Gasteiger charge is -2.31. The van der Waals surface area contributed by atoms with Crippen LogP contribution in [0.25, 0.3) is 5.57 Å². The number of allylic oxidation sites excluding steroid dienone is 1. The summed E-state index contributed by atoms with van der Waals surface area (Å²) in [6.07, 6.45) is 4.98. The SMILES string of the molecule is C/C=C(/CN1CCC(C)CC1)c1ccccc1C. The highest BCUT2D eigenvalue weighted by atomic mass is 15.1. The molecular formula is C17H25N. The molecule has 0 radical (unpaired) electrons. The Hall–Kier alpha value is -1.08. The van der Waals surface area contributed by atoms with Gasteiger partial charge in [-0.3, -0.25) is 4.90 Å². The first-order valence-corrected chi connectivity index (χ1v) is 7.14. The Morgan fingerprint density at radius 3 is 2.56 bits per heavy atom. The molecule has 0 aliphatic carbocycles. The summed E-state index contributed by atoms with van der Waals surface area (Å²) in [6, 6.07) is 8.72. The lowest BCUT2D eigenvalue weighted by atomic mass is 9.96. The van der Waals surface area contributed by atoms with E-state index in [-0.39, 0.29) is 0 Å². The van der Waals surface area contributed by atoms with Crippen molar-refractivity contribution in [2.75, 3.05) is 19.6 Å². The van der Waals surface area contributed by atoms with Crippen LogP contribution >= 0.6 is 0 Å². The third-order valence-corrected chi connectivity index (χ3v) is 4.11. The highest BCUT2D eigenvalue weighted by Crippen LogP contribution is 2.23. The number of benzene rings is 1. The second kappa shape index (κ2) is 6.19. The van der Waals surface area contributed by atoms with Crippen molar-refractivity contribution in [2.24, 2.45) is 5.92 Å². The monoisotopic (exact) mass is 243 g/mol. The third-order valence-electron chi connectivity index (χ3n) is 4.11. The highest BCUT2D eigenvalue weighted by molar-refractivity contribution is 5.69. The molecule has 18 heavy (non-hydrogen) atoms. The maximum absolute atomic E-state index is 2.60. The molecule has 1 heterocycles. The van der Waals surface area contributed by atoms with E-state index in [9.17, 15) is 0 Å². The van der Waals surface area contributed by atoms with Crippen molar-refractivity contribution in [3.05, 3.63) is 41.5 Å². The molecule has 1 aliphatic heterocycles. The van der Waals surface area contributed by atoms with Crippen LogP contribution < -0.4 is 0 Å². The molecule has 0 spiro atoms. The summed E-state index contributed by atoms with van der Waals surface area (Å²) in [7, 11) is 0. The van der Waals surface area contributed by atoms with E-state index in [1.165, 1.54) is 42.6 Å². The summed E-state index contributed by atoms with van der Waals surface area (Å²) < 4.78 is 0. The molecule has 0 aromatic heterocycles. The summed E-state index contributed by atoms with van der Waals surface area (Å²) in [5, 5.41) is 0. The fourth-order valence-corrected chi connectivity index (χ4v) is 2.73. The Labute approximate surface area is 112 Å². The molecule has 0 N–H and O–H groups in total. The van der Waals surface area contributed by atoms with Crippen LogP contribution in [0.1, 0.15) is 37.8 Å². The van der Waals surface area contributed by atoms with Crippen LogP contribution in [0, 0.1) is 12.8 Å². The molecule has 1 fully saturated rings. The fraction of sp³-hybridized carbons (Fsp3) is 0.529. The summed E-state index contributed by atoms with van der Waals surface area (Å²) in [5.41, 5.74) is 4.28. The van der Waals surface area contributed by atoms with Crippen molar-refractivity contribution in [3.63, 3.8) is 0 Å². The normalized spacial score (nSPS) is 19.2. The number of likely N-dealkylation sites (tertiary alicyclic amines) is 1. The zero-order chi connectivity index (χ0) is 13.0. The van der Waals surface area contributed by atoms with Crippen LogP contribution in [0.2, 0.25) is 0 Å². The Morgan fingerprint density at radius 2 is 1.94 bits per heavy atom. The molecular weight excluding hydrogens is 218 g/mol. The van der Waals surface area contributed by atoms with Gasteiger partial charge in [0, 0.05) is 6.54 Å². The van der Waals surface area contributed by atoms with Crippen molar-refractivity contribution in [1.82, 2.24) is 4.90 Å². The predicted octanol–water partition coefficient (Wildman–Crippen LogP) is 4.13. The number of hydrogen-bond donors (Lipinski definition) is 0. The zero-order valence-electron chi connectivity index (χ0n) is 11.9. The molecule has 1 heteroatoms. The minimum atomic E-state index is 0.911. The van der Waals surface area contributed by atoms with Gasteiger partial charge in [-0.15, -0.1) is 0 Å². The standard InChI is InChI=1S/C17H25N/c1-4-16(17-8-6-5-7-15(17)3)13-18-11-9-14(2)10-12-18/h4-8,14H,9-13H2,1-3H3/b16-4-. The maximum atomic E-state index is 2.60. The molecule has 1 saturated heterocycles. The minimum absolute atomic E-state index is 0.911. The first-order valence-electron chi connectivity index (χ1n) is 7.14. The van der Waals surface area contributed by atoms with Gasteiger partial charge in [-0.05, 0) is 62.4 Å². The van der Waals surface area contributed by atoms with Crippen molar-refractivity contribution in [2.45, 2.75) is 33.6 Å². The maximum Gasteiger partial charge on any atom is 0.0236 e. The van der Waals surface area contributed by atoms with Crippen LogP contribution in [0.5, 0.6) is 0 Å². The van der Waals surface area contributed by atoms with Gasteiger partial charge in [0.15, 0.2) is 0 Å². The molecule has 1 nitrogen and oxygen atoms in total. The Morgan fingerprint density at radius 1 is 1.28 bits per heavy atom. The molecule has 1 aromatic carbocycles. The van der Waals surface area contributed by atoms with Crippen LogP contribution in [0.3, 0.4) is 0 Å². The van der Waals surface area contributed by atoms with Gasteiger partial charge in [-0.1, -0.05) is 37.3 Å². The van der Waals surface area contributed by atoms with Crippen molar-refractivity contribution >= 4 is 5.57 Å². The number of rotatable bonds is 3. The van der Waals surface area contributed by atoms with E-state index < -0.39 is 0 Å². The van der Waals surface area contributed by atoms with Crippen LogP contribution in [0.15, 0.2) is 30.3 Å². The summed E-state index contributed by atoms with van der Waals surface area (Å²) in [6.45, 7) is 10.4. The summed E-state index contributed by atoms with van der Waals surface area (Å²) >= 11 is 0. The average molecular weight is 243 g/mol. The lowest BCUT2D eigenvalue weighted by molar-refractivity contribution is 0.213. The molecule has 0 atom stereocenters. The predicted molar refractivity (Wildman–Crippen MR) is 79.7 cm³/mol. The van der Waals surface area contributed by atoms with Gasteiger partial charge in [0.1, 0.15) is 0 Å².